The number of hydrogen-bond acceptors (Lipinski definition) is 4. The Morgan fingerprint density at radius 2 is 2.00 bits per heavy atom. The van der Waals surface area contributed by atoms with Gasteiger partial charge in [0.25, 0.3) is 5.56 Å². The van der Waals surface area contributed by atoms with Crippen LogP contribution in [-0.4, -0.2) is 28.7 Å². The molecular weight excluding hydrogens is 348 g/mol. The van der Waals surface area contributed by atoms with E-state index >= 15 is 0 Å². The maximum absolute atomic E-state index is 13.1. The van der Waals surface area contributed by atoms with Crippen LogP contribution in [0.25, 0.3) is 5.65 Å². The fraction of sp³-hybridized carbons (Fsp3) is 0.250. The Kier molecular flexibility index (Phi) is 5.38. The van der Waals surface area contributed by atoms with Gasteiger partial charge in [0, 0.05) is 30.5 Å². The molecule has 0 atom stereocenters. The van der Waals surface area contributed by atoms with Crippen LogP contribution in [0.15, 0.2) is 52.4 Å². The molecule has 1 aromatic carbocycles. The molecule has 0 bridgehead atoms. The molecule has 2 heterocycles. The van der Waals surface area contributed by atoms with Crippen molar-refractivity contribution in [3.05, 3.63) is 69.1 Å². The molecule has 3 aromatic rings. The number of aliphatic imine (C=N–C) groups is 1. The van der Waals surface area contributed by atoms with E-state index in [9.17, 15) is 4.79 Å². The van der Waals surface area contributed by atoms with Gasteiger partial charge in [-0.3, -0.25) is 14.2 Å². The second kappa shape index (κ2) is 7.70. The number of halogens is 1. The highest BCUT2D eigenvalue weighted by atomic mass is 35.5. The molecule has 0 aliphatic carbocycles. The van der Waals surface area contributed by atoms with Gasteiger partial charge in [-0.05, 0) is 50.6 Å². The number of pyridine rings is 1. The molecule has 26 heavy (non-hydrogen) atoms. The van der Waals surface area contributed by atoms with Gasteiger partial charge in [-0.15, -0.1) is 0 Å². The summed E-state index contributed by atoms with van der Waals surface area (Å²) in [5, 5.41) is 0.604. The Hall–Kier alpha value is -2.66. The quantitative estimate of drug-likeness (QED) is 0.632. The molecule has 3 rings (SSSR count). The summed E-state index contributed by atoms with van der Waals surface area (Å²) in [4.78, 5) is 24.4. The highest BCUT2D eigenvalue weighted by molar-refractivity contribution is 6.30. The van der Waals surface area contributed by atoms with Crippen molar-refractivity contribution in [2.45, 2.75) is 20.8 Å². The van der Waals surface area contributed by atoms with E-state index in [0.717, 1.165) is 18.7 Å². The molecule has 6 heteroatoms. The van der Waals surface area contributed by atoms with Gasteiger partial charge >= 0.3 is 0 Å². The number of rotatable bonds is 5. The smallest absolute Gasteiger partial charge is 0.268 e. The van der Waals surface area contributed by atoms with Crippen LogP contribution in [0.1, 0.15) is 25.0 Å². The minimum Gasteiger partial charge on any atom is -0.356 e. The average molecular weight is 369 g/mol. The largest absolute Gasteiger partial charge is 0.356 e. The fourth-order valence-corrected chi connectivity index (χ4v) is 3.06. The molecule has 0 fully saturated rings. The lowest BCUT2D eigenvalue weighted by atomic mass is 10.2. The third kappa shape index (κ3) is 3.48. The Labute approximate surface area is 157 Å². The molecular formula is C20H21ClN4O. The van der Waals surface area contributed by atoms with Crippen LogP contribution in [0, 0.1) is 6.92 Å². The number of hydrogen-bond donors (Lipinski definition) is 0. The normalized spacial score (nSPS) is 11.4. The first-order valence-corrected chi connectivity index (χ1v) is 8.99. The Morgan fingerprint density at radius 3 is 2.69 bits per heavy atom. The van der Waals surface area contributed by atoms with Crippen molar-refractivity contribution >= 4 is 35.0 Å². The number of benzene rings is 1. The lowest BCUT2D eigenvalue weighted by Gasteiger charge is -2.22. The van der Waals surface area contributed by atoms with E-state index in [2.05, 4.69) is 9.89 Å². The van der Waals surface area contributed by atoms with Crippen molar-refractivity contribution < 1.29 is 0 Å². The SMILES string of the molecule is CCN(CC)c1nc2c(C)cccn2c(=O)c1C=Nc1cccc(Cl)c1. The molecule has 0 N–H and O–H groups in total. The van der Waals surface area contributed by atoms with Crippen LogP contribution in [-0.2, 0) is 0 Å². The Balaban J connectivity index is 2.23. The predicted molar refractivity (Wildman–Crippen MR) is 108 cm³/mol. The molecule has 2 aromatic heterocycles. The number of aromatic nitrogens is 2. The van der Waals surface area contributed by atoms with Crippen LogP contribution < -0.4 is 10.5 Å². The van der Waals surface area contributed by atoms with Gasteiger partial charge in [0.05, 0.1) is 5.69 Å². The third-order valence-corrected chi connectivity index (χ3v) is 4.51. The lowest BCUT2D eigenvalue weighted by molar-refractivity contribution is 0.837. The summed E-state index contributed by atoms with van der Waals surface area (Å²) < 4.78 is 1.57. The minimum absolute atomic E-state index is 0.133. The van der Waals surface area contributed by atoms with Gasteiger partial charge in [0.15, 0.2) is 0 Å². The molecule has 0 saturated carbocycles. The highest BCUT2D eigenvalue weighted by Gasteiger charge is 2.16. The monoisotopic (exact) mass is 368 g/mol. The third-order valence-electron chi connectivity index (χ3n) is 4.28. The first-order chi connectivity index (χ1) is 12.5. The summed E-state index contributed by atoms with van der Waals surface area (Å²) in [6.45, 7) is 7.55. The predicted octanol–water partition coefficient (Wildman–Crippen LogP) is 4.25. The number of aryl methyl sites for hydroxylation is 1. The average Bonchev–Trinajstić information content (AvgIpc) is 2.63. The van der Waals surface area contributed by atoms with Crippen molar-refractivity contribution in [2.24, 2.45) is 4.99 Å². The summed E-state index contributed by atoms with van der Waals surface area (Å²) in [5.41, 5.74) is 2.65. The van der Waals surface area contributed by atoms with Crippen molar-refractivity contribution in [3.8, 4) is 0 Å². The number of anilines is 1. The maximum Gasteiger partial charge on any atom is 0.268 e. The van der Waals surface area contributed by atoms with E-state index < -0.39 is 0 Å². The van der Waals surface area contributed by atoms with Crippen LogP contribution in [0.3, 0.4) is 0 Å². The van der Waals surface area contributed by atoms with Crippen molar-refractivity contribution in [3.63, 3.8) is 0 Å². The molecule has 5 nitrogen and oxygen atoms in total. The zero-order valence-electron chi connectivity index (χ0n) is 15.1. The van der Waals surface area contributed by atoms with Gasteiger partial charge in [-0.25, -0.2) is 4.98 Å². The van der Waals surface area contributed by atoms with Gasteiger partial charge in [0.1, 0.15) is 17.0 Å². The molecule has 0 saturated heterocycles. The standard InChI is InChI=1S/C20H21ClN4O/c1-4-24(5-2)19-17(13-22-16-10-6-9-15(21)12-16)20(26)25-11-7-8-14(3)18(25)23-19/h6-13H,4-5H2,1-3H3. The molecule has 0 amide bonds. The summed E-state index contributed by atoms with van der Waals surface area (Å²) in [6.07, 6.45) is 3.32. The zero-order valence-corrected chi connectivity index (χ0v) is 15.9. The second-order valence-electron chi connectivity index (χ2n) is 5.95. The van der Waals surface area contributed by atoms with Crippen molar-refractivity contribution in [2.75, 3.05) is 18.0 Å². The Morgan fingerprint density at radius 1 is 1.23 bits per heavy atom. The molecule has 0 aliphatic rings. The summed E-state index contributed by atoms with van der Waals surface area (Å²) in [7, 11) is 0. The summed E-state index contributed by atoms with van der Waals surface area (Å²) >= 11 is 6.02. The number of nitrogens with zero attached hydrogens (tertiary/aromatic N) is 4. The van der Waals surface area contributed by atoms with E-state index in [0.29, 0.717) is 27.7 Å². The van der Waals surface area contributed by atoms with E-state index in [1.165, 1.54) is 0 Å². The molecule has 0 unspecified atom stereocenters. The van der Waals surface area contributed by atoms with Gasteiger partial charge in [-0.2, -0.15) is 0 Å². The first-order valence-electron chi connectivity index (χ1n) is 8.61. The van der Waals surface area contributed by atoms with Gasteiger partial charge < -0.3 is 4.90 Å². The highest BCUT2D eigenvalue weighted by Crippen LogP contribution is 2.20. The Bertz CT molecular complexity index is 1020. The zero-order chi connectivity index (χ0) is 18.7. The van der Waals surface area contributed by atoms with Gasteiger partial charge in [0.2, 0.25) is 0 Å². The summed E-state index contributed by atoms with van der Waals surface area (Å²) in [5.74, 6) is 0.653. The maximum atomic E-state index is 13.1. The van der Waals surface area contributed by atoms with E-state index in [4.69, 9.17) is 16.6 Å². The molecule has 0 radical (unpaired) electrons. The number of fused-ring (bicyclic) bond motifs is 1. The van der Waals surface area contributed by atoms with E-state index in [1.807, 2.05) is 45.0 Å². The van der Waals surface area contributed by atoms with Crippen LogP contribution in [0.4, 0.5) is 11.5 Å². The van der Waals surface area contributed by atoms with E-state index in [-0.39, 0.29) is 5.56 Å². The lowest BCUT2D eigenvalue weighted by Crippen LogP contribution is -2.30. The first kappa shape index (κ1) is 18.1. The van der Waals surface area contributed by atoms with Crippen LogP contribution >= 0.6 is 11.6 Å². The molecule has 0 spiro atoms. The van der Waals surface area contributed by atoms with Gasteiger partial charge in [-0.1, -0.05) is 23.7 Å². The topological polar surface area (TPSA) is 50.0 Å². The fourth-order valence-electron chi connectivity index (χ4n) is 2.87. The van der Waals surface area contributed by atoms with Crippen LogP contribution in [0.2, 0.25) is 5.02 Å². The second-order valence-corrected chi connectivity index (χ2v) is 6.39. The van der Waals surface area contributed by atoms with Crippen LogP contribution in [0.5, 0.6) is 0 Å². The minimum atomic E-state index is -0.133. The van der Waals surface area contributed by atoms with E-state index in [1.54, 1.807) is 28.9 Å². The molecule has 134 valence electrons. The summed E-state index contributed by atoms with van der Waals surface area (Å²) in [6, 6.07) is 11.0. The van der Waals surface area contributed by atoms with Crippen molar-refractivity contribution in [1.29, 1.82) is 0 Å². The van der Waals surface area contributed by atoms with Crippen molar-refractivity contribution in [1.82, 2.24) is 9.38 Å². The molecule has 0 aliphatic heterocycles.